The molecule has 1 aliphatic carbocycles. The fraction of sp³-hybridized carbons (Fsp3) is 0.714. The van der Waals surface area contributed by atoms with E-state index in [2.05, 4.69) is 4.98 Å². The number of aryl methyl sites for hydroxylation is 1. The topological polar surface area (TPSA) is 79.5 Å². The minimum Gasteiger partial charge on any atom is -0.390 e. The molecule has 2 heterocycles. The number of amides is 1. The van der Waals surface area contributed by atoms with Crippen LogP contribution in [0.1, 0.15) is 37.8 Å². The lowest BCUT2D eigenvalue weighted by Crippen LogP contribution is -2.44. The molecule has 3 rings (SSSR count). The Bertz CT molecular complexity index is 498. The zero-order valence-corrected chi connectivity index (χ0v) is 12.4. The van der Waals surface area contributed by atoms with Crippen molar-refractivity contribution in [1.29, 1.82) is 0 Å². The standard InChI is InChI=1S/C14H21N3O2S/c15-13-16-11(9-20-13)3-4-12(18)17-7-1-2-10(8-17)14(19)5-6-14/h9-10,19H,1-8H2,(H2,15,16). The quantitative estimate of drug-likeness (QED) is 0.880. The number of aliphatic hydroxyl groups is 1. The van der Waals surface area contributed by atoms with Gasteiger partial charge in [0.25, 0.3) is 0 Å². The van der Waals surface area contributed by atoms with E-state index in [-0.39, 0.29) is 11.8 Å². The van der Waals surface area contributed by atoms with Crippen LogP contribution in [-0.4, -0.2) is 39.6 Å². The van der Waals surface area contributed by atoms with E-state index in [1.54, 1.807) is 0 Å². The first kappa shape index (κ1) is 13.8. The van der Waals surface area contributed by atoms with Crippen molar-refractivity contribution >= 4 is 22.4 Å². The molecule has 1 atom stereocenters. The molecule has 1 aromatic rings. The zero-order chi connectivity index (χ0) is 14.2. The van der Waals surface area contributed by atoms with Crippen molar-refractivity contribution in [3.63, 3.8) is 0 Å². The van der Waals surface area contributed by atoms with Gasteiger partial charge in [0.2, 0.25) is 5.91 Å². The number of thiazole rings is 1. The number of nitrogens with two attached hydrogens (primary N) is 1. The highest BCUT2D eigenvalue weighted by molar-refractivity contribution is 7.13. The van der Waals surface area contributed by atoms with Crippen molar-refractivity contribution in [2.45, 2.75) is 44.1 Å². The third-order valence-electron chi connectivity index (χ3n) is 4.46. The average molecular weight is 295 g/mol. The third kappa shape index (κ3) is 2.96. The number of hydrogen-bond donors (Lipinski definition) is 2. The van der Waals surface area contributed by atoms with Gasteiger partial charge in [-0.3, -0.25) is 4.79 Å². The van der Waals surface area contributed by atoms with Crippen LogP contribution in [0.2, 0.25) is 0 Å². The van der Waals surface area contributed by atoms with Crippen LogP contribution in [0, 0.1) is 5.92 Å². The van der Waals surface area contributed by atoms with Gasteiger partial charge in [-0.05, 0) is 32.1 Å². The molecule has 20 heavy (non-hydrogen) atoms. The lowest BCUT2D eigenvalue weighted by Gasteiger charge is -2.35. The van der Waals surface area contributed by atoms with Gasteiger partial charge in [-0.15, -0.1) is 11.3 Å². The summed E-state index contributed by atoms with van der Waals surface area (Å²) in [5.41, 5.74) is 6.01. The van der Waals surface area contributed by atoms with Gasteiger partial charge in [-0.2, -0.15) is 0 Å². The highest BCUT2D eigenvalue weighted by Crippen LogP contribution is 2.45. The number of anilines is 1. The van der Waals surface area contributed by atoms with Crippen LogP contribution in [0.4, 0.5) is 5.13 Å². The van der Waals surface area contributed by atoms with E-state index in [0.29, 0.717) is 24.5 Å². The van der Waals surface area contributed by atoms with Crippen molar-refractivity contribution < 1.29 is 9.90 Å². The van der Waals surface area contributed by atoms with Gasteiger partial charge in [0.05, 0.1) is 11.3 Å². The Hall–Kier alpha value is -1.14. The van der Waals surface area contributed by atoms with E-state index in [4.69, 9.17) is 5.73 Å². The highest BCUT2D eigenvalue weighted by Gasteiger charge is 2.48. The van der Waals surface area contributed by atoms with Crippen LogP contribution >= 0.6 is 11.3 Å². The van der Waals surface area contributed by atoms with Crippen LogP contribution in [0.5, 0.6) is 0 Å². The van der Waals surface area contributed by atoms with E-state index in [1.807, 2.05) is 10.3 Å². The SMILES string of the molecule is Nc1nc(CCC(=O)N2CCCC(C3(O)CC3)C2)cs1. The van der Waals surface area contributed by atoms with Gasteiger partial charge in [-0.1, -0.05) is 0 Å². The van der Waals surface area contributed by atoms with Crippen LogP contribution in [0.15, 0.2) is 5.38 Å². The van der Waals surface area contributed by atoms with Gasteiger partial charge in [-0.25, -0.2) is 4.98 Å². The average Bonchev–Trinajstić information content (AvgIpc) is 3.07. The number of piperidine rings is 1. The van der Waals surface area contributed by atoms with Crippen LogP contribution in [0.25, 0.3) is 0 Å². The fourth-order valence-electron chi connectivity index (χ4n) is 3.01. The Morgan fingerprint density at radius 3 is 3.05 bits per heavy atom. The van der Waals surface area contributed by atoms with Gasteiger partial charge < -0.3 is 15.7 Å². The summed E-state index contributed by atoms with van der Waals surface area (Å²) in [5, 5.41) is 12.7. The summed E-state index contributed by atoms with van der Waals surface area (Å²) < 4.78 is 0. The van der Waals surface area contributed by atoms with Gasteiger partial charge in [0.1, 0.15) is 0 Å². The van der Waals surface area contributed by atoms with Crippen molar-refractivity contribution in [3.8, 4) is 0 Å². The number of carbonyl (C=O) groups excluding carboxylic acids is 1. The summed E-state index contributed by atoms with van der Waals surface area (Å²) in [6.07, 6.45) is 4.98. The Balaban J connectivity index is 1.51. The maximum absolute atomic E-state index is 12.3. The summed E-state index contributed by atoms with van der Waals surface area (Å²) in [7, 11) is 0. The molecule has 1 amide bonds. The smallest absolute Gasteiger partial charge is 0.222 e. The molecule has 5 nitrogen and oxygen atoms in total. The largest absolute Gasteiger partial charge is 0.390 e. The summed E-state index contributed by atoms with van der Waals surface area (Å²) in [4.78, 5) is 18.4. The second kappa shape index (κ2) is 5.33. The molecule has 2 aliphatic rings. The predicted octanol–water partition coefficient (Wildman–Crippen LogP) is 1.42. The molecular formula is C14H21N3O2S. The van der Waals surface area contributed by atoms with Gasteiger partial charge in [0, 0.05) is 30.8 Å². The lowest BCUT2D eigenvalue weighted by atomic mass is 9.90. The Kier molecular flexibility index (Phi) is 3.69. The van der Waals surface area contributed by atoms with E-state index in [0.717, 1.165) is 37.9 Å². The Morgan fingerprint density at radius 1 is 1.60 bits per heavy atom. The van der Waals surface area contributed by atoms with Crippen molar-refractivity contribution in [2.75, 3.05) is 18.8 Å². The minimum absolute atomic E-state index is 0.172. The molecule has 110 valence electrons. The van der Waals surface area contributed by atoms with Crippen molar-refractivity contribution in [1.82, 2.24) is 9.88 Å². The number of aromatic nitrogens is 1. The molecule has 0 spiro atoms. The molecule has 0 bridgehead atoms. The molecule has 1 saturated heterocycles. The molecule has 6 heteroatoms. The third-order valence-corrected chi connectivity index (χ3v) is 5.18. The van der Waals surface area contributed by atoms with Crippen LogP contribution in [-0.2, 0) is 11.2 Å². The Morgan fingerprint density at radius 2 is 2.40 bits per heavy atom. The number of nitrogen functional groups attached to an aromatic ring is 1. The summed E-state index contributed by atoms with van der Waals surface area (Å²) in [6.45, 7) is 1.54. The lowest BCUT2D eigenvalue weighted by molar-refractivity contribution is -0.134. The maximum Gasteiger partial charge on any atom is 0.222 e. The molecule has 0 radical (unpaired) electrons. The van der Waals surface area contributed by atoms with Crippen molar-refractivity contribution in [3.05, 3.63) is 11.1 Å². The van der Waals surface area contributed by atoms with Crippen LogP contribution < -0.4 is 5.73 Å². The number of nitrogens with zero attached hydrogens (tertiary/aromatic N) is 2. The molecule has 0 aromatic carbocycles. The van der Waals surface area contributed by atoms with Crippen molar-refractivity contribution in [2.24, 2.45) is 5.92 Å². The minimum atomic E-state index is -0.470. The summed E-state index contributed by atoms with van der Waals surface area (Å²) in [5.74, 6) is 0.445. The number of hydrogen-bond acceptors (Lipinski definition) is 5. The van der Waals surface area contributed by atoms with E-state index < -0.39 is 5.60 Å². The number of rotatable bonds is 4. The second-order valence-electron chi connectivity index (χ2n) is 5.96. The zero-order valence-electron chi connectivity index (χ0n) is 11.5. The second-order valence-corrected chi connectivity index (χ2v) is 6.85. The molecule has 1 aromatic heterocycles. The van der Waals surface area contributed by atoms with E-state index in [1.165, 1.54) is 11.3 Å². The first-order chi connectivity index (χ1) is 9.57. The van der Waals surface area contributed by atoms with Gasteiger partial charge in [0.15, 0.2) is 5.13 Å². The first-order valence-electron chi connectivity index (χ1n) is 7.27. The van der Waals surface area contributed by atoms with Gasteiger partial charge >= 0.3 is 0 Å². The fourth-order valence-corrected chi connectivity index (χ4v) is 3.61. The van der Waals surface area contributed by atoms with E-state index in [9.17, 15) is 9.90 Å². The maximum atomic E-state index is 12.3. The first-order valence-corrected chi connectivity index (χ1v) is 8.15. The van der Waals surface area contributed by atoms with E-state index >= 15 is 0 Å². The van der Waals surface area contributed by atoms with Crippen LogP contribution in [0.3, 0.4) is 0 Å². The summed E-state index contributed by atoms with van der Waals surface area (Å²) in [6, 6.07) is 0. The molecule has 2 fully saturated rings. The Labute approximate surface area is 122 Å². The predicted molar refractivity (Wildman–Crippen MR) is 78.3 cm³/mol. The molecule has 3 N–H and O–H groups in total. The number of likely N-dealkylation sites (tertiary alicyclic amines) is 1. The molecular weight excluding hydrogens is 274 g/mol. The normalized spacial score (nSPS) is 24.6. The summed E-state index contributed by atoms with van der Waals surface area (Å²) >= 11 is 1.41. The monoisotopic (exact) mass is 295 g/mol. The molecule has 1 unspecified atom stereocenters. The number of carbonyl (C=O) groups is 1. The molecule has 1 aliphatic heterocycles. The highest BCUT2D eigenvalue weighted by atomic mass is 32.1. The molecule has 1 saturated carbocycles.